The van der Waals surface area contributed by atoms with Crippen molar-refractivity contribution in [2.24, 2.45) is 10.9 Å². The van der Waals surface area contributed by atoms with Gasteiger partial charge in [-0.05, 0) is 68.3 Å². The molecule has 132 valence electrons. The number of benzene rings is 1. The van der Waals surface area contributed by atoms with Crippen LogP contribution in [0.3, 0.4) is 0 Å². The van der Waals surface area contributed by atoms with Gasteiger partial charge in [0, 0.05) is 32.7 Å². The zero-order valence-corrected chi connectivity index (χ0v) is 14.8. The lowest BCUT2D eigenvalue weighted by atomic mass is 10.1. The van der Waals surface area contributed by atoms with E-state index in [4.69, 9.17) is 0 Å². The standard InChI is InChI=1S/C19H29FN4/c1-14-11-17(20)4-3-16(14)7-9-22-19(21-2)23-12-15-8-10-24(13-15)18-5-6-18/h3-4,11,15,18H,5-10,12-13H2,1-2H3,(H2,21,22,23). The zero-order chi connectivity index (χ0) is 16.9. The van der Waals surface area contributed by atoms with E-state index in [2.05, 4.69) is 20.5 Å². The number of hydrogen-bond donors (Lipinski definition) is 2. The highest BCUT2D eigenvalue weighted by Crippen LogP contribution is 2.31. The molecule has 2 N–H and O–H groups in total. The number of nitrogens with one attached hydrogen (secondary N) is 2. The van der Waals surface area contributed by atoms with E-state index in [1.54, 1.807) is 6.07 Å². The first-order valence-corrected chi connectivity index (χ1v) is 9.09. The second-order valence-electron chi connectivity index (χ2n) is 7.08. The second-order valence-corrected chi connectivity index (χ2v) is 7.08. The lowest BCUT2D eigenvalue weighted by Gasteiger charge is -2.17. The lowest BCUT2D eigenvalue weighted by Crippen LogP contribution is -2.41. The molecule has 0 amide bonds. The summed E-state index contributed by atoms with van der Waals surface area (Å²) in [6.07, 6.45) is 4.94. The van der Waals surface area contributed by atoms with Crippen LogP contribution in [-0.2, 0) is 6.42 Å². The molecular weight excluding hydrogens is 303 g/mol. The highest BCUT2D eigenvalue weighted by molar-refractivity contribution is 5.79. The van der Waals surface area contributed by atoms with Crippen LogP contribution in [0.25, 0.3) is 0 Å². The Kier molecular flexibility index (Phi) is 5.72. The number of aryl methyl sites for hydroxylation is 1. The van der Waals surface area contributed by atoms with Crippen molar-refractivity contribution < 1.29 is 4.39 Å². The maximum atomic E-state index is 13.1. The summed E-state index contributed by atoms with van der Waals surface area (Å²) < 4.78 is 13.1. The lowest BCUT2D eigenvalue weighted by molar-refractivity contribution is 0.314. The third kappa shape index (κ3) is 4.69. The summed E-state index contributed by atoms with van der Waals surface area (Å²) in [4.78, 5) is 6.94. The summed E-state index contributed by atoms with van der Waals surface area (Å²) in [5.74, 6) is 1.42. The van der Waals surface area contributed by atoms with E-state index in [-0.39, 0.29) is 5.82 Å². The molecular formula is C19H29FN4. The van der Waals surface area contributed by atoms with Crippen molar-refractivity contribution in [2.75, 3.05) is 33.2 Å². The highest BCUT2D eigenvalue weighted by Gasteiger charge is 2.34. The SMILES string of the molecule is CN=C(NCCc1ccc(F)cc1C)NCC1CCN(C2CC2)C1. The first-order chi connectivity index (χ1) is 11.7. The van der Waals surface area contributed by atoms with Crippen LogP contribution in [0.2, 0.25) is 0 Å². The second kappa shape index (κ2) is 7.97. The molecule has 1 aromatic carbocycles. The molecule has 5 heteroatoms. The average Bonchev–Trinajstić information content (AvgIpc) is 3.31. The topological polar surface area (TPSA) is 39.7 Å². The van der Waals surface area contributed by atoms with E-state index in [0.29, 0.717) is 0 Å². The van der Waals surface area contributed by atoms with Gasteiger partial charge in [-0.3, -0.25) is 4.99 Å². The van der Waals surface area contributed by atoms with E-state index in [9.17, 15) is 4.39 Å². The van der Waals surface area contributed by atoms with E-state index in [0.717, 1.165) is 43.0 Å². The summed E-state index contributed by atoms with van der Waals surface area (Å²) in [7, 11) is 1.81. The molecule has 1 saturated carbocycles. The van der Waals surface area contributed by atoms with Crippen LogP contribution in [0.4, 0.5) is 4.39 Å². The van der Waals surface area contributed by atoms with Gasteiger partial charge in [0.05, 0.1) is 0 Å². The summed E-state index contributed by atoms with van der Waals surface area (Å²) in [6, 6.07) is 5.87. The number of rotatable bonds is 6. The molecule has 1 unspecified atom stereocenters. The van der Waals surface area contributed by atoms with Crippen molar-refractivity contribution in [1.82, 2.24) is 15.5 Å². The number of aliphatic imine (C=N–C) groups is 1. The first-order valence-electron chi connectivity index (χ1n) is 9.09. The Morgan fingerprint density at radius 2 is 2.12 bits per heavy atom. The van der Waals surface area contributed by atoms with Crippen molar-refractivity contribution in [2.45, 2.75) is 38.6 Å². The van der Waals surface area contributed by atoms with Crippen LogP contribution in [0, 0.1) is 18.7 Å². The predicted octanol–water partition coefficient (Wildman–Crippen LogP) is 2.33. The Labute approximate surface area is 144 Å². The highest BCUT2D eigenvalue weighted by atomic mass is 19.1. The Morgan fingerprint density at radius 1 is 1.29 bits per heavy atom. The van der Waals surface area contributed by atoms with Crippen molar-refractivity contribution in [3.63, 3.8) is 0 Å². The molecule has 24 heavy (non-hydrogen) atoms. The predicted molar refractivity (Wildman–Crippen MR) is 96.9 cm³/mol. The largest absolute Gasteiger partial charge is 0.356 e. The van der Waals surface area contributed by atoms with Crippen molar-refractivity contribution in [1.29, 1.82) is 0 Å². The van der Waals surface area contributed by atoms with Gasteiger partial charge in [-0.1, -0.05) is 6.07 Å². The van der Waals surface area contributed by atoms with Crippen LogP contribution < -0.4 is 10.6 Å². The molecule has 1 aliphatic heterocycles. The normalized spacial score (nSPS) is 22.0. The van der Waals surface area contributed by atoms with Gasteiger partial charge in [0.25, 0.3) is 0 Å². The number of likely N-dealkylation sites (tertiary alicyclic amines) is 1. The summed E-state index contributed by atoms with van der Waals surface area (Å²) in [5, 5.41) is 6.82. The molecule has 1 atom stereocenters. The molecule has 0 spiro atoms. The molecule has 1 heterocycles. The van der Waals surface area contributed by atoms with Crippen molar-refractivity contribution >= 4 is 5.96 Å². The van der Waals surface area contributed by atoms with E-state index < -0.39 is 0 Å². The molecule has 1 saturated heterocycles. The minimum absolute atomic E-state index is 0.168. The van der Waals surface area contributed by atoms with Crippen LogP contribution in [0.1, 0.15) is 30.4 Å². The first kappa shape index (κ1) is 17.2. The Bertz CT molecular complexity index is 583. The molecule has 4 nitrogen and oxygen atoms in total. The summed E-state index contributed by atoms with van der Waals surface area (Å²) in [5.41, 5.74) is 2.18. The number of halogens is 1. The fourth-order valence-corrected chi connectivity index (χ4v) is 3.52. The fourth-order valence-electron chi connectivity index (χ4n) is 3.52. The third-order valence-electron chi connectivity index (χ3n) is 5.15. The summed E-state index contributed by atoms with van der Waals surface area (Å²) in [6.45, 7) is 6.22. The maximum absolute atomic E-state index is 13.1. The van der Waals surface area contributed by atoms with Crippen molar-refractivity contribution in [3.8, 4) is 0 Å². The fraction of sp³-hybridized carbons (Fsp3) is 0.632. The van der Waals surface area contributed by atoms with Gasteiger partial charge in [0.15, 0.2) is 5.96 Å². The molecule has 2 fully saturated rings. The van der Waals surface area contributed by atoms with Gasteiger partial charge in [-0.15, -0.1) is 0 Å². The Hall–Kier alpha value is -1.62. The number of hydrogen-bond acceptors (Lipinski definition) is 2. The maximum Gasteiger partial charge on any atom is 0.190 e. The molecule has 1 aliphatic carbocycles. The van der Waals surface area contributed by atoms with Crippen LogP contribution >= 0.6 is 0 Å². The van der Waals surface area contributed by atoms with Crippen LogP contribution in [0.15, 0.2) is 23.2 Å². The molecule has 0 bridgehead atoms. The van der Waals surface area contributed by atoms with Gasteiger partial charge in [-0.25, -0.2) is 4.39 Å². The molecule has 2 aliphatic rings. The van der Waals surface area contributed by atoms with E-state index in [1.165, 1.54) is 44.0 Å². The zero-order valence-electron chi connectivity index (χ0n) is 14.8. The number of nitrogens with zero attached hydrogens (tertiary/aromatic N) is 2. The van der Waals surface area contributed by atoms with Crippen molar-refractivity contribution in [3.05, 3.63) is 35.1 Å². The molecule has 3 rings (SSSR count). The Morgan fingerprint density at radius 3 is 2.83 bits per heavy atom. The Balaban J connectivity index is 1.37. The quantitative estimate of drug-likeness (QED) is 0.620. The molecule has 1 aromatic rings. The van der Waals surface area contributed by atoms with Crippen LogP contribution in [-0.4, -0.2) is 50.1 Å². The van der Waals surface area contributed by atoms with Gasteiger partial charge < -0.3 is 15.5 Å². The number of guanidine groups is 1. The van der Waals surface area contributed by atoms with Gasteiger partial charge in [0.2, 0.25) is 0 Å². The third-order valence-corrected chi connectivity index (χ3v) is 5.15. The van der Waals surface area contributed by atoms with Crippen LogP contribution in [0.5, 0.6) is 0 Å². The minimum Gasteiger partial charge on any atom is -0.356 e. The monoisotopic (exact) mass is 332 g/mol. The smallest absolute Gasteiger partial charge is 0.190 e. The summed E-state index contributed by atoms with van der Waals surface area (Å²) >= 11 is 0. The van der Waals surface area contributed by atoms with Gasteiger partial charge in [0.1, 0.15) is 5.82 Å². The van der Waals surface area contributed by atoms with E-state index >= 15 is 0 Å². The van der Waals surface area contributed by atoms with E-state index in [1.807, 2.05) is 20.0 Å². The van der Waals surface area contributed by atoms with Gasteiger partial charge in [-0.2, -0.15) is 0 Å². The minimum atomic E-state index is -0.168. The average molecular weight is 332 g/mol. The molecule has 0 radical (unpaired) electrons. The van der Waals surface area contributed by atoms with Gasteiger partial charge >= 0.3 is 0 Å². The molecule has 0 aromatic heterocycles.